The van der Waals surface area contributed by atoms with Crippen LogP contribution in [0.5, 0.6) is 0 Å². The van der Waals surface area contributed by atoms with E-state index in [4.69, 9.17) is 18.9 Å². The number of hydrogen-bond donors (Lipinski definition) is 0. The van der Waals surface area contributed by atoms with Crippen molar-refractivity contribution in [1.82, 2.24) is 0 Å². The van der Waals surface area contributed by atoms with Gasteiger partial charge in [0.15, 0.2) is 5.79 Å². The monoisotopic (exact) mass is 376 g/mol. The van der Waals surface area contributed by atoms with Crippen LogP contribution >= 0.6 is 0 Å². The maximum absolute atomic E-state index is 6.16. The van der Waals surface area contributed by atoms with E-state index in [1.165, 1.54) is 19.3 Å². The van der Waals surface area contributed by atoms with Crippen LogP contribution in [0.1, 0.15) is 58.3 Å². The van der Waals surface area contributed by atoms with Crippen molar-refractivity contribution in [2.45, 2.75) is 69.7 Å². The summed E-state index contributed by atoms with van der Waals surface area (Å²) in [4.78, 5) is 0. The standard InChI is InChI=1S/C23H36O4/c1-21-11-8-18-17-9-13-23(26-4,27-5)14-16(17)6-7-19(18)20(21)10-12-22(21,25-3)15-24-2/h8,19-20H,6-7,9-15H2,1-5H3/t19-,20+,21+,22-/m1/s1. The summed E-state index contributed by atoms with van der Waals surface area (Å²) >= 11 is 0. The molecule has 0 N–H and O–H groups in total. The quantitative estimate of drug-likeness (QED) is 0.655. The molecule has 0 spiro atoms. The van der Waals surface area contributed by atoms with E-state index < -0.39 is 5.79 Å². The van der Waals surface area contributed by atoms with Crippen LogP contribution < -0.4 is 0 Å². The van der Waals surface area contributed by atoms with E-state index >= 15 is 0 Å². The third kappa shape index (κ3) is 2.71. The highest BCUT2D eigenvalue weighted by Crippen LogP contribution is 2.63. The SMILES string of the molecule is COC[C@]1(OC)CC[C@H]2[C@@H]3CCC4=C(CCC(OC)(OC)C4)C3=CC[C@@]21C. The number of hydrogen-bond acceptors (Lipinski definition) is 4. The van der Waals surface area contributed by atoms with Gasteiger partial charge in [-0.15, -0.1) is 0 Å². The van der Waals surface area contributed by atoms with Crippen molar-refractivity contribution in [1.29, 1.82) is 0 Å². The van der Waals surface area contributed by atoms with Crippen LogP contribution in [0, 0.1) is 17.3 Å². The molecule has 1 saturated carbocycles. The lowest BCUT2D eigenvalue weighted by Crippen LogP contribution is -2.52. The largest absolute Gasteiger partial charge is 0.382 e. The Morgan fingerprint density at radius 3 is 2.44 bits per heavy atom. The van der Waals surface area contributed by atoms with E-state index in [2.05, 4.69) is 13.0 Å². The van der Waals surface area contributed by atoms with Gasteiger partial charge in [0.25, 0.3) is 0 Å². The Hall–Kier alpha value is -0.680. The molecule has 0 amide bonds. The van der Waals surface area contributed by atoms with E-state index in [-0.39, 0.29) is 11.0 Å². The Kier molecular flexibility index (Phi) is 5.07. The Labute approximate surface area is 164 Å². The zero-order valence-electron chi connectivity index (χ0n) is 17.7. The number of ether oxygens (including phenoxy) is 4. The number of allylic oxidation sites excluding steroid dienone is 3. The van der Waals surface area contributed by atoms with Crippen LogP contribution in [0.2, 0.25) is 0 Å². The molecule has 4 nitrogen and oxygen atoms in total. The molecule has 0 radical (unpaired) electrons. The Bertz CT molecular complexity index is 647. The Balaban J connectivity index is 1.66. The molecule has 0 aromatic heterocycles. The fourth-order valence-corrected chi connectivity index (χ4v) is 6.93. The van der Waals surface area contributed by atoms with Gasteiger partial charge in [0.05, 0.1) is 12.2 Å². The number of fused-ring (bicyclic) bond motifs is 4. The van der Waals surface area contributed by atoms with Gasteiger partial charge in [0.2, 0.25) is 0 Å². The Morgan fingerprint density at radius 2 is 1.78 bits per heavy atom. The summed E-state index contributed by atoms with van der Waals surface area (Å²) in [5.41, 5.74) is 4.87. The van der Waals surface area contributed by atoms with Gasteiger partial charge in [-0.3, -0.25) is 0 Å². The van der Waals surface area contributed by atoms with Crippen LogP contribution in [0.25, 0.3) is 0 Å². The number of rotatable bonds is 5. The first-order valence-electron chi connectivity index (χ1n) is 10.5. The average molecular weight is 377 g/mol. The minimum absolute atomic E-state index is 0.142. The zero-order chi connectivity index (χ0) is 19.3. The molecule has 0 aliphatic heterocycles. The third-order valence-corrected chi connectivity index (χ3v) is 8.63. The van der Waals surface area contributed by atoms with Crippen LogP contribution in [-0.4, -0.2) is 46.4 Å². The van der Waals surface area contributed by atoms with Crippen LogP contribution in [0.15, 0.2) is 22.8 Å². The lowest BCUT2D eigenvalue weighted by molar-refractivity contribution is -0.212. The highest BCUT2D eigenvalue weighted by atomic mass is 16.7. The third-order valence-electron chi connectivity index (χ3n) is 8.63. The zero-order valence-corrected chi connectivity index (χ0v) is 17.7. The molecule has 0 heterocycles. The first kappa shape index (κ1) is 19.6. The molecule has 0 saturated heterocycles. The lowest BCUT2D eigenvalue weighted by Gasteiger charge is -2.52. The molecule has 0 unspecified atom stereocenters. The molecular formula is C23H36O4. The topological polar surface area (TPSA) is 36.9 Å². The number of methoxy groups -OCH3 is 4. The molecule has 1 fully saturated rings. The van der Waals surface area contributed by atoms with E-state index in [1.54, 1.807) is 38.0 Å². The summed E-state index contributed by atoms with van der Waals surface area (Å²) < 4.78 is 23.3. The molecule has 0 aromatic carbocycles. The van der Waals surface area contributed by atoms with Crippen LogP contribution in [0.3, 0.4) is 0 Å². The fourth-order valence-electron chi connectivity index (χ4n) is 6.93. The lowest BCUT2D eigenvalue weighted by atomic mass is 9.56. The molecule has 4 rings (SSSR count). The summed E-state index contributed by atoms with van der Waals surface area (Å²) in [6.07, 6.45) is 11.4. The van der Waals surface area contributed by atoms with E-state index in [1.807, 2.05) is 7.11 Å². The van der Waals surface area contributed by atoms with E-state index in [0.717, 1.165) is 32.1 Å². The second-order valence-electron chi connectivity index (χ2n) is 9.28. The second-order valence-corrected chi connectivity index (χ2v) is 9.28. The van der Waals surface area contributed by atoms with Crippen LogP contribution in [0.4, 0.5) is 0 Å². The van der Waals surface area contributed by atoms with Gasteiger partial charge in [-0.25, -0.2) is 0 Å². The summed E-state index contributed by atoms with van der Waals surface area (Å²) in [6, 6.07) is 0. The molecule has 4 atom stereocenters. The van der Waals surface area contributed by atoms with Crippen molar-refractivity contribution in [2.75, 3.05) is 35.0 Å². The summed E-state index contributed by atoms with van der Waals surface area (Å²) in [7, 11) is 7.25. The predicted octanol–water partition coefficient (Wildman–Crippen LogP) is 4.64. The minimum atomic E-state index is -0.410. The first-order valence-corrected chi connectivity index (χ1v) is 10.5. The van der Waals surface area contributed by atoms with E-state index in [9.17, 15) is 0 Å². The summed E-state index contributed by atoms with van der Waals surface area (Å²) in [5.74, 6) is 0.957. The fraction of sp³-hybridized carbons (Fsp3) is 0.826. The van der Waals surface area contributed by atoms with Crippen molar-refractivity contribution >= 4 is 0 Å². The smallest absolute Gasteiger partial charge is 0.171 e. The van der Waals surface area contributed by atoms with Crippen molar-refractivity contribution in [3.63, 3.8) is 0 Å². The Morgan fingerprint density at radius 1 is 1.00 bits per heavy atom. The van der Waals surface area contributed by atoms with Gasteiger partial charge >= 0.3 is 0 Å². The van der Waals surface area contributed by atoms with E-state index in [0.29, 0.717) is 18.4 Å². The second kappa shape index (κ2) is 6.98. The molecule has 4 aliphatic rings. The molecular weight excluding hydrogens is 340 g/mol. The highest BCUT2D eigenvalue weighted by molar-refractivity contribution is 5.45. The molecule has 0 bridgehead atoms. The minimum Gasteiger partial charge on any atom is -0.382 e. The normalized spacial score (nSPS) is 40.3. The average Bonchev–Trinajstić information content (AvgIpc) is 3.00. The van der Waals surface area contributed by atoms with Gasteiger partial charge < -0.3 is 18.9 Å². The molecule has 4 aliphatic carbocycles. The van der Waals surface area contributed by atoms with Gasteiger partial charge in [-0.2, -0.15) is 0 Å². The van der Waals surface area contributed by atoms with Crippen molar-refractivity contribution in [3.05, 3.63) is 22.8 Å². The summed E-state index contributed by atoms with van der Waals surface area (Å²) in [6.45, 7) is 3.15. The molecule has 4 heteroatoms. The van der Waals surface area contributed by atoms with Crippen molar-refractivity contribution in [3.8, 4) is 0 Å². The maximum Gasteiger partial charge on any atom is 0.171 e. The molecule has 152 valence electrons. The van der Waals surface area contributed by atoms with Crippen molar-refractivity contribution < 1.29 is 18.9 Å². The molecule has 27 heavy (non-hydrogen) atoms. The molecule has 0 aromatic rings. The maximum atomic E-state index is 6.16. The van der Waals surface area contributed by atoms with Gasteiger partial charge in [-0.05, 0) is 61.5 Å². The van der Waals surface area contributed by atoms with Gasteiger partial charge in [-0.1, -0.05) is 18.6 Å². The summed E-state index contributed by atoms with van der Waals surface area (Å²) in [5, 5.41) is 0. The highest BCUT2D eigenvalue weighted by Gasteiger charge is 2.61. The van der Waals surface area contributed by atoms with Gasteiger partial charge in [0.1, 0.15) is 0 Å². The van der Waals surface area contributed by atoms with Crippen LogP contribution in [-0.2, 0) is 18.9 Å². The first-order chi connectivity index (χ1) is 13.0. The van der Waals surface area contributed by atoms with Gasteiger partial charge in [0, 0.05) is 46.7 Å². The predicted molar refractivity (Wildman–Crippen MR) is 105 cm³/mol. The van der Waals surface area contributed by atoms with Crippen molar-refractivity contribution in [2.24, 2.45) is 17.3 Å².